The summed E-state index contributed by atoms with van der Waals surface area (Å²) in [7, 11) is 0. The highest BCUT2D eigenvalue weighted by Crippen LogP contribution is 2.34. The summed E-state index contributed by atoms with van der Waals surface area (Å²) < 4.78 is 13.2. The number of nitrogens with zero attached hydrogens (tertiary/aromatic N) is 2. The number of hydrogen-bond donors (Lipinski definition) is 0. The SMILES string of the molecule is Fc1ccc(-c2cc(N3CCCCC3)c3cc(Cl)ccc3n2)cc1. The summed E-state index contributed by atoms with van der Waals surface area (Å²) in [6.07, 6.45) is 3.69. The van der Waals surface area contributed by atoms with Gasteiger partial charge in [-0.1, -0.05) is 11.6 Å². The smallest absolute Gasteiger partial charge is 0.123 e. The number of aromatic nitrogens is 1. The zero-order valence-corrected chi connectivity index (χ0v) is 14.1. The lowest BCUT2D eigenvalue weighted by molar-refractivity contribution is 0.579. The van der Waals surface area contributed by atoms with Crippen molar-refractivity contribution in [2.75, 3.05) is 18.0 Å². The van der Waals surface area contributed by atoms with E-state index in [1.54, 1.807) is 12.1 Å². The number of hydrogen-bond acceptors (Lipinski definition) is 2. The molecule has 1 aliphatic heterocycles. The fourth-order valence-electron chi connectivity index (χ4n) is 3.35. The van der Waals surface area contributed by atoms with Crippen LogP contribution in [0.3, 0.4) is 0 Å². The van der Waals surface area contributed by atoms with Crippen LogP contribution in [-0.2, 0) is 0 Å². The van der Waals surface area contributed by atoms with Gasteiger partial charge in [-0.05, 0) is 67.8 Å². The standard InChI is InChI=1S/C20H18ClFN2/c21-15-6-9-18-17(12-15)20(24-10-2-1-3-11-24)13-19(23-18)14-4-7-16(22)8-5-14/h4-9,12-13H,1-3,10-11H2. The summed E-state index contributed by atoms with van der Waals surface area (Å²) in [4.78, 5) is 7.18. The predicted octanol–water partition coefficient (Wildman–Crippen LogP) is 5.68. The number of rotatable bonds is 2. The molecule has 0 amide bonds. The lowest BCUT2D eigenvalue weighted by Gasteiger charge is -2.30. The first-order valence-electron chi connectivity index (χ1n) is 8.32. The minimum atomic E-state index is -0.234. The van der Waals surface area contributed by atoms with Crippen LogP contribution in [0.2, 0.25) is 5.02 Å². The van der Waals surface area contributed by atoms with Gasteiger partial charge in [0.2, 0.25) is 0 Å². The molecule has 24 heavy (non-hydrogen) atoms. The molecule has 122 valence electrons. The third-order valence-corrected chi connectivity index (χ3v) is 4.82. The summed E-state index contributed by atoms with van der Waals surface area (Å²) >= 11 is 6.22. The zero-order valence-electron chi connectivity index (χ0n) is 13.3. The first-order chi connectivity index (χ1) is 11.7. The molecule has 4 heteroatoms. The van der Waals surface area contributed by atoms with Gasteiger partial charge < -0.3 is 4.90 Å². The highest BCUT2D eigenvalue weighted by atomic mass is 35.5. The molecular formula is C20H18ClFN2. The number of piperidine rings is 1. The van der Waals surface area contributed by atoms with E-state index in [9.17, 15) is 4.39 Å². The Hall–Kier alpha value is -2.13. The number of anilines is 1. The Kier molecular flexibility index (Phi) is 4.11. The second kappa shape index (κ2) is 6.40. The van der Waals surface area contributed by atoms with Gasteiger partial charge in [-0.2, -0.15) is 0 Å². The third kappa shape index (κ3) is 2.96. The molecule has 1 aromatic heterocycles. The lowest BCUT2D eigenvalue weighted by Crippen LogP contribution is -2.29. The monoisotopic (exact) mass is 340 g/mol. The van der Waals surface area contributed by atoms with E-state index in [0.717, 1.165) is 40.3 Å². The molecule has 0 radical (unpaired) electrons. The Bertz CT molecular complexity index is 871. The molecule has 3 aromatic rings. The van der Waals surface area contributed by atoms with Gasteiger partial charge in [0.05, 0.1) is 11.2 Å². The maximum absolute atomic E-state index is 13.2. The Morgan fingerprint density at radius 2 is 1.67 bits per heavy atom. The van der Waals surface area contributed by atoms with E-state index in [2.05, 4.69) is 11.0 Å². The van der Waals surface area contributed by atoms with E-state index in [-0.39, 0.29) is 5.82 Å². The normalized spacial score (nSPS) is 15.0. The van der Waals surface area contributed by atoms with Gasteiger partial charge in [0, 0.05) is 34.7 Å². The van der Waals surface area contributed by atoms with Crippen LogP contribution in [-0.4, -0.2) is 18.1 Å². The largest absolute Gasteiger partial charge is 0.371 e. The van der Waals surface area contributed by atoms with Crippen LogP contribution in [0, 0.1) is 5.82 Å². The maximum atomic E-state index is 13.2. The lowest BCUT2D eigenvalue weighted by atomic mass is 10.0. The summed E-state index contributed by atoms with van der Waals surface area (Å²) in [5.74, 6) is -0.234. The second-order valence-corrected chi connectivity index (χ2v) is 6.68. The van der Waals surface area contributed by atoms with Gasteiger partial charge in [0.1, 0.15) is 5.82 Å². The van der Waals surface area contributed by atoms with E-state index in [0.29, 0.717) is 0 Å². The van der Waals surface area contributed by atoms with Crippen LogP contribution < -0.4 is 4.90 Å². The number of benzene rings is 2. The van der Waals surface area contributed by atoms with Gasteiger partial charge in [-0.3, -0.25) is 0 Å². The van der Waals surface area contributed by atoms with Crippen LogP contribution in [0.5, 0.6) is 0 Å². The quantitative estimate of drug-likeness (QED) is 0.596. The Morgan fingerprint density at radius 1 is 0.917 bits per heavy atom. The van der Waals surface area contributed by atoms with E-state index < -0.39 is 0 Å². The molecule has 2 nitrogen and oxygen atoms in total. The number of pyridine rings is 1. The molecule has 0 unspecified atom stereocenters. The second-order valence-electron chi connectivity index (χ2n) is 6.24. The summed E-state index contributed by atoms with van der Waals surface area (Å²) in [5.41, 5.74) is 3.88. The van der Waals surface area contributed by atoms with Crippen molar-refractivity contribution in [3.63, 3.8) is 0 Å². The van der Waals surface area contributed by atoms with Crippen molar-refractivity contribution in [3.8, 4) is 11.3 Å². The predicted molar refractivity (Wildman–Crippen MR) is 98.2 cm³/mol. The first-order valence-corrected chi connectivity index (χ1v) is 8.70. The Morgan fingerprint density at radius 3 is 2.42 bits per heavy atom. The van der Waals surface area contributed by atoms with Gasteiger partial charge >= 0.3 is 0 Å². The van der Waals surface area contributed by atoms with Gasteiger partial charge in [0.15, 0.2) is 0 Å². The zero-order chi connectivity index (χ0) is 16.5. The number of halogens is 2. The molecule has 1 fully saturated rings. The van der Waals surface area contributed by atoms with E-state index >= 15 is 0 Å². The molecule has 0 N–H and O–H groups in total. The van der Waals surface area contributed by atoms with Crippen LogP contribution in [0.4, 0.5) is 10.1 Å². The first kappa shape index (κ1) is 15.4. The Labute approximate surface area is 145 Å². The van der Waals surface area contributed by atoms with Gasteiger partial charge in [-0.25, -0.2) is 9.37 Å². The molecule has 4 rings (SSSR count). The van der Waals surface area contributed by atoms with Crippen molar-refractivity contribution in [1.82, 2.24) is 4.98 Å². The van der Waals surface area contributed by atoms with Crippen molar-refractivity contribution in [3.05, 3.63) is 59.4 Å². The summed E-state index contributed by atoms with van der Waals surface area (Å²) in [6.45, 7) is 2.10. The third-order valence-electron chi connectivity index (χ3n) is 4.59. The molecule has 2 heterocycles. The minimum Gasteiger partial charge on any atom is -0.371 e. The highest BCUT2D eigenvalue weighted by molar-refractivity contribution is 6.31. The molecular weight excluding hydrogens is 323 g/mol. The van der Waals surface area contributed by atoms with Crippen molar-refractivity contribution in [2.24, 2.45) is 0 Å². The average molecular weight is 341 g/mol. The molecule has 0 saturated carbocycles. The highest BCUT2D eigenvalue weighted by Gasteiger charge is 2.16. The van der Waals surface area contributed by atoms with Crippen molar-refractivity contribution in [2.45, 2.75) is 19.3 Å². The molecule has 0 bridgehead atoms. The molecule has 0 aliphatic carbocycles. The summed E-state index contributed by atoms with van der Waals surface area (Å²) in [6, 6.07) is 14.4. The molecule has 0 spiro atoms. The van der Waals surface area contributed by atoms with Gasteiger partial charge in [0.25, 0.3) is 0 Å². The van der Waals surface area contributed by atoms with Crippen LogP contribution in [0.25, 0.3) is 22.2 Å². The van der Waals surface area contributed by atoms with Crippen LogP contribution in [0.1, 0.15) is 19.3 Å². The van der Waals surface area contributed by atoms with Gasteiger partial charge in [-0.15, -0.1) is 0 Å². The van der Waals surface area contributed by atoms with Crippen LogP contribution >= 0.6 is 11.6 Å². The van der Waals surface area contributed by atoms with Crippen molar-refractivity contribution in [1.29, 1.82) is 0 Å². The molecule has 0 atom stereocenters. The molecule has 2 aromatic carbocycles. The average Bonchev–Trinajstić information content (AvgIpc) is 2.62. The molecule has 1 aliphatic rings. The van der Waals surface area contributed by atoms with Crippen molar-refractivity contribution >= 4 is 28.2 Å². The minimum absolute atomic E-state index is 0.234. The van der Waals surface area contributed by atoms with Crippen molar-refractivity contribution < 1.29 is 4.39 Å². The van der Waals surface area contributed by atoms with Crippen LogP contribution in [0.15, 0.2) is 48.5 Å². The van der Waals surface area contributed by atoms with E-state index in [1.807, 2.05) is 18.2 Å². The summed E-state index contributed by atoms with van der Waals surface area (Å²) in [5, 5.41) is 1.80. The fraction of sp³-hybridized carbons (Fsp3) is 0.250. The number of fused-ring (bicyclic) bond motifs is 1. The fourth-order valence-corrected chi connectivity index (χ4v) is 3.52. The van der Waals surface area contributed by atoms with E-state index in [4.69, 9.17) is 16.6 Å². The molecule has 1 saturated heterocycles. The maximum Gasteiger partial charge on any atom is 0.123 e. The topological polar surface area (TPSA) is 16.1 Å². The Balaban J connectivity index is 1.89. The van der Waals surface area contributed by atoms with E-state index in [1.165, 1.54) is 37.1 Å².